The van der Waals surface area contributed by atoms with E-state index in [4.69, 9.17) is 19.4 Å². The van der Waals surface area contributed by atoms with Crippen molar-refractivity contribution in [3.05, 3.63) is 231 Å². The molecule has 0 unspecified atom stereocenters. The number of rotatable bonds is 7. The summed E-state index contributed by atoms with van der Waals surface area (Å²) >= 11 is 1.85. The highest BCUT2D eigenvalue weighted by Gasteiger charge is 2.21. The lowest BCUT2D eigenvalue weighted by Gasteiger charge is -2.15. The lowest BCUT2D eigenvalue weighted by molar-refractivity contribution is 0.669. The number of benzene rings is 10. The van der Waals surface area contributed by atoms with Gasteiger partial charge in [0.05, 0.1) is 11.0 Å². The van der Waals surface area contributed by atoms with Gasteiger partial charge in [-0.25, -0.2) is 15.0 Å². The van der Waals surface area contributed by atoms with Gasteiger partial charge in [0.1, 0.15) is 11.2 Å². The molecule has 14 rings (SSSR count). The van der Waals surface area contributed by atoms with Crippen molar-refractivity contribution >= 4 is 75.3 Å². The van der Waals surface area contributed by atoms with Crippen molar-refractivity contribution in [2.24, 2.45) is 0 Å². The summed E-state index contributed by atoms with van der Waals surface area (Å²) in [6.07, 6.45) is 0. The third kappa shape index (κ3) is 6.64. The summed E-state index contributed by atoms with van der Waals surface area (Å²) in [5, 5.41) is 7.11. The first-order valence-electron chi connectivity index (χ1n) is 23.2. The Hall–Kier alpha value is -8.97. The summed E-state index contributed by atoms with van der Waals surface area (Å²) in [7, 11) is 0. The van der Waals surface area contributed by atoms with Gasteiger partial charge in [-0.15, -0.1) is 11.3 Å². The third-order valence-electron chi connectivity index (χ3n) is 13.4. The highest BCUT2D eigenvalue weighted by Crippen LogP contribution is 2.43. The zero-order valence-corrected chi connectivity index (χ0v) is 37.9. The Bertz CT molecular complexity index is 4320. The minimum Gasteiger partial charge on any atom is -0.456 e. The third-order valence-corrected chi connectivity index (χ3v) is 14.6. The highest BCUT2D eigenvalue weighted by molar-refractivity contribution is 7.25. The Labute approximate surface area is 400 Å². The van der Waals surface area contributed by atoms with E-state index in [-0.39, 0.29) is 0 Å². The number of nitrogens with zero attached hydrogens (tertiary/aromatic N) is 4. The second kappa shape index (κ2) is 15.8. The molecule has 6 heteroatoms. The number of furan rings is 1. The monoisotopic (exact) mass is 898 g/mol. The van der Waals surface area contributed by atoms with Crippen LogP contribution in [0.2, 0.25) is 0 Å². The van der Waals surface area contributed by atoms with E-state index in [2.05, 4.69) is 180 Å². The van der Waals surface area contributed by atoms with Crippen LogP contribution in [0.5, 0.6) is 0 Å². The smallest absolute Gasteiger partial charge is 0.164 e. The molecule has 0 fully saturated rings. The molecule has 0 spiro atoms. The minimum atomic E-state index is 0.575. The van der Waals surface area contributed by atoms with Gasteiger partial charge in [-0.05, 0) is 94.5 Å². The first-order valence-corrected chi connectivity index (χ1v) is 24.0. The SMILES string of the molecule is c1ccc(-c2cc(-c3cccc(-c4ccc5c(c4)sc4ccccc45)c3)c3c(c2)c2ccccc2n3-c2cccc(-c3nc(-c4ccccc4)nc(-c4ccc5c(c4)oc4ccccc45)n3)c2)cc1. The van der Waals surface area contributed by atoms with Crippen LogP contribution < -0.4 is 0 Å². The quantitative estimate of drug-likeness (QED) is 0.160. The molecule has 5 nitrogen and oxygen atoms in total. The first-order chi connectivity index (χ1) is 34.2. The molecule has 0 saturated carbocycles. The van der Waals surface area contributed by atoms with Crippen LogP contribution in [0.3, 0.4) is 0 Å². The molecule has 322 valence electrons. The fourth-order valence-corrected chi connectivity index (χ4v) is 11.3. The van der Waals surface area contributed by atoms with Crippen LogP contribution >= 0.6 is 11.3 Å². The minimum absolute atomic E-state index is 0.575. The number of fused-ring (bicyclic) bond motifs is 9. The molecule has 0 radical (unpaired) electrons. The molecule has 4 aromatic heterocycles. The molecule has 0 aliphatic rings. The number of para-hydroxylation sites is 2. The molecular formula is C63H38N4OS. The van der Waals surface area contributed by atoms with E-state index < -0.39 is 0 Å². The summed E-state index contributed by atoms with van der Waals surface area (Å²) in [6.45, 7) is 0. The van der Waals surface area contributed by atoms with Gasteiger partial charge in [0.15, 0.2) is 17.5 Å². The second-order valence-corrected chi connectivity index (χ2v) is 18.6. The van der Waals surface area contributed by atoms with E-state index in [9.17, 15) is 0 Å². The molecule has 0 aliphatic carbocycles. The van der Waals surface area contributed by atoms with Gasteiger partial charge in [0.25, 0.3) is 0 Å². The molecule has 14 aromatic rings. The van der Waals surface area contributed by atoms with Crippen LogP contribution in [0.4, 0.5) is 0 Å². The van der Waals surface area contributed by atoms with E-state index in [0.717, 1.165) is 66.5 Å². The topological polar surface area (TPSA) is 56.7 Å². The maximum absolute atomic E-state index is 6.33. The lowest BCUT2D eigenvalue weighted by Crippen LogP contribution is -2.01. The Balaban J connectivity index is 0.960. The van der Waals surface area contributed by atoms with Gasteiger partial charge in [-0.2, -0.15) is 0 Å². The zero-order valence-electron chi connectivity index (χ0n) is 37.0. The average Bonchev–Trinajstić information content (AvgIpc) is 4.10. The van der Waals surface area contributed by atoms with Crippen LogP contribution in [0.1, 0.15) is 0 Å². The molecule has 69 heavy (non-hydrogen) atoms. The fraction of sp³-hybridized carbons (Fsp3) is 0. The Morgan fingerprint density at radius 2 is 0.899 bits per heavy atom. The summed E-state index contributed by atoms with van der Waals surface area (Å²) in [6, 6.07) is 81.9. The van der Waals surface area contributed by atoms with Crippen LogP contribution in [0, 0.1) is 0 Å². The largest absolute Gasteiger partial charge is 0.456 e. The van der Waals surface area contributed by atoms with Crippen molar-refractivity contribution in [2.45, 2.75) is 0 Å². The molecule has 0 bridgehead atoms. The molecule has 0 N–H and O–H groups in total. The van der Waals surface area contributed by atoms with Crippen LogP contribution in [0.15, 0.2) is 235 Å². The number of hydrogen-bond acceptors (Lipinski definition) is 5. The average molecular weight is 899 g/mol. The zero-order chi connectivity index (χ0) is 45.4. The molecule has 0 atom stereocenters. The van der Waals surface area contributed by atoms with Crippen LogP contribution in [-0.4, -0.2) is 19.5 Å². The summed E-state index contributed by atoms with van der Waals surface area (Å²) in [5.41, 5.74) is 14.5. The van der Waals surface area contributed by atoms with Crippen molar-refractivity contribution < 1.29 is 4.42 Å². The second-order valence-electron chi connectivity index (χ2n) is 17.6. The Morgan fingerprint density at radius 3 is 1.74 bits per heavy atom. The van der Waals surface area contributed by atoms with E-state index in [1.54, 1.807) is 0 Å². The van der Waals surface area contributed by atoms with E-state index in [0.29, 0.717) is 17.5 Å². The Morgan fingerprint density at radius 1 is 0.319 bits per heavy atom. The van der Waals surface area contributed by atoms with Crippen LogP contribution in [-0.2, 0) is 0 Å². The van der Waals surface area contributed by atoms with Gasteiger partial charge in [0.2, 0.25) is 0 Å². The first kappa shape index (κ1) is 39.2. The van der Waals surface area contributed by atoms with Gasteiger partial charge < -0.3 is 8.98 Å². The highest BCUT2D eigenvalue weighted by atomic mass is 32.1. The summed E-state index contributed by atoms with van der Waals surface area (Å²) < 4.78 is 11.3. The predicted molar refractivity (Wildman–Crippen MR) is 287 cm³/mol. The number of hydrogen-bond donors (Lipinski definition) is 0. The number of thiophene rings is 1. The van der Waals surface area contributed by atoms with E-state index in [1.165, 1.54) is 53.2 Å². The molecule has 0 amide bonds. The summed E-state index contributed by atoms with van der Waals surface area (Å²) in [5.74, 6) is 1.76. The fourth-order valence-electron chi connectivity index (χ4n) is 10.2. The molecular weight excluding hydrogens is 861 g/mol. The predicted octanol–water partition coefficient (Wildman–Crippen LogP) is 17.2. The Kier molecular flexibility index (Phi) is 9.00. The lowest BCUT2D eigenvalue weighted by atomic mass is 9.93. The van der Waals surface area contributed by atoms with E-state index in [1.807, 2.05) is 65.9 Å². The van der Waals surface area contributed by atoms with Crippen molar-refractivity contribution in [2.75, 3.05) is 0 Å². The van der Waals surface area contributed by atoms with Gasteiger partial charge in [-0.3, -0.25) is 0 Å². The van der Waals surface area contributed by atoms with Gasteiger partial charge >= 0.3 is 0 Å². The van der Waals surface area contributed by atoms with Gasteiger partial charge in [0, 0.05) is 69.7 Å². The number of aromatic nitrogens is 4. The van der Waals surface area contributed by atoms with Crippen molar-refractivity contribution in [1.29, 1.82) is 0 Å². The van der Waals surface area contributed by atoms with Crippen molar-refractivity contribution in [3.8, 4) is 73.2 Å². The molecule has 0 aliphatic heterocycles. The molecule has 4 heterocycles. The van der Waals surface area contributed by atoms with Gasteiger partial charge in [-0.1, -0.05) is 164 Å². The van der Waals surface area contributed by atoms with Crippen LogP contribution in [0.25, 0.3) is 137 Å². The van der Waals surface area contributed by atoms with Crippen molar-refractivity contribution in [3.63, 3.8) is 0 Å². The normalized spacial score (nSPS) is 11.8. The molecule has 0 saturated heterocycles. The standard InChI is InChI=1S/C63H38N4OS/c1-3-15-39(16-4-1)46-35-53(43-20-13-19-41(33-43)42-29-32-52-51-25-9-12-28-58(51)69-59(52)38-42)60-54(36-46)48-23-7-10-26-55(48)67(60)47-22-14-21-44(34-47)62-64-61(40-17-5-2-6-18-40)65-63(66-62)45-30-31-50-49-24-8-11-27-56(49)68-57(50)37-45/h1-38H. The molecule has 10 aromatic carbocycles. The van der Waals surface area contributed by atoms with Crippen molar-refractivity contribution in [1.82, 2.24) is 19.5 Å². The summed E-state index contributed by atoms with van der Waals surface area (Å²) in [4.78, 5) is 15.5. The van der Waals surface area contributed by atoms with E-state index >= 15 is 0 Å². The maximum atomic E-state index is 6.33. The maximum Gasteiger partial charge on any atom is 0.164 e.